The molecule has 0 spiro atoms. The summed E-state index contributed by atoms with van der Waals surface area (Å²) in [7, 11) is 0. The molecule has 2 atom stereocenters. The van der Waals surface area contributed by atoms with Crippen LogP contribution in [0.5, 0.6) is 0 Å². The smallest absolute Gasteiger partial charge is 0.310 e. The van der Waals surface area contributed by atoms with Crippen molar-refractivity contribution in [2.24, 2.45) is 17.6 Å². The minimum Gasteiger partial charge on any atom is -0.466 e. The predicted molar refractivity (Wildman–Crippen MR) is 48.6 cm³/mol. The van der Waals surface area contributed by atoms with Gasteiger partial charge in [-0.1, -0.05) is 20.3 Å². The zero-order valence-electron chi connectivity index (χ0n) is 8.17. The van der Waals surface area contributed by atoms with Crippen molar-refractivity contribution in [3.05, 3.63) is 0 Å². The summed E-state index contributed by atoms with van der Waals surface area (Å²) in [5.74, 6) is 0.0262. The van der Waals surface area contributed by atoms with E-state index in [1.807, 2.05) is 20.8 Å². The maximum Gasteiger partial charge on any atom is 0.310 e. The molecule has 1 unspecified atom stereocenters. The third-order valence-corrected chi connectivity index (χ3v) is 2.17. The van der Waals surface area contributed by atoms with Gasteiger partial charge in [0.1, 0.15) is 0 Å². The summed E-state index contributed by atoms with van der Waals surface area (Å²) in [6, 6.07) is 0. The highest BCUT2D eigenvalue weighted by molar-refractivity contribution is 5.72. The molecule has 0 bridgehead atoms. The molecule has 0 aromatic heterocycles. The van der Waals surface area contributed by atoms with Crippen molar-refractivity contribution in [2.45, 2.75) is 27.2 Å². The normalized spacial score (nSPS) is 15.3. The molecule has 0 aliphatic heterocycles. The second-order valence-electron chi connectivity index (χ2n) is 2.98. The summed E-state index contributed by atoms with van der Waals surface area (Å²) in [5, 5.41) is 0. The van der Waals surface area contributed by atoms with Gasteiger partial charge in [0.25, 0.3) is 0 Å². The van der Waals surface area contributed by atoms with Crippen LogP contribution in [0, 0.1) is 11.8 Å². The summed E-state index contributed by atoms with van der Waals surface area (Å²) in [4.78, 5) is 11.3. The van der Waals surface area contributed by atoms with Crippen LogP contribution < -0.4 is 5.73 Å². The van der Waals surface area contributed by atoms with Gasteiger partial charge in [-0.25, -0.2) is 0 Å². The van der Waals surface area contributed by atoms with Crippen LogP contribution >= 0.6 is 0 Å². The Morgan fingerprint density at radius 2 is 2.08 bits per heavy atom. The molecule has 0 aliphatic rings. The van der Waals surface area contributed by atoms with E-state index in [-0.39, 0.29) is 11.9 Å². The quantitative estimate of drug-likeness (QED) is 0.635. The van der Waals surface area contributed by atoms with E-state index >= 15 is 0 Å². The van der Waals surface area contributed by atoms with Crippen LogP contribution in [0.3, 0.4) is 0 Å². The predicted octanol–water partition coefficient (Wildman–Crippen LogP) is 1.17. The number of esters is 1. The van der Waals surface area contributed by atoms with E-state index in [4.69, 9.17) is 10.5 Å². The van der Waals surface area contributed by atoms with E-state index in [2.05, 4.69) is 0 Å². The lowest BCUT2D eigenvalue weighted by molar-refractivity contribution is -0.149. The van der Waals surface area contributed by atoms with Gasteiger partial charge in [-0.05, 0) is 12.8 Å². The molecule has 2 N–H and O–H groups in total. The van der Waals surface area contributed by atoms with Gasteiger partial charge in [0.05, 0.1) is 12.5 Å². The fourth-order valence-corrected chi connectivity index (χ4v) is 1.09. The fraction of sp³-hybridized carbons (Fsp3) is 0.889. The van der Waals surface area contributed by atoms with Crippen LogP contribution in [-0.2, 0) is 9.53 Å². The molecule has 0 saturated carbocycles. The van der Waals surface area contributed by atoms with Crippen molar-refractivity contribution in [1.29, 1.82) is 0 Å². The standard InChI is InChI=1S/C9H19NO2/c1-4-7(3)8(6-10)9(11)12-5-2/h7-8H,4-6,10H2,1-3H3/t7-,8?/m0/s1. The third kappa shape index (κ3) is 3.22. The zero-order chi connectivity index (χ0) is 9.56. The van der Waals surface area contributed by atoms with Crippen LogP contribution in [0.2, 0.25) is 0 Å². The molecule has 0 aromatic rings. The van der Waals surface area contributed by atoms with E-state index in [0.29, 0.717) is 19.1 Å². The molecular weight excluding hydrogens is 154 g/mol. The van der Waals surface area contributed by atoms with Gasteiger partial charge in [-0.3, -0.25) is 4.79 Å². The van der Waals surface area contributed by atoms with Gasteiger partial charge in [0, 0.05) is 6.54 Å². The van der Waals surface area contributed by atoms with Gasteiger partial charge in [0.15, 0.2) is 0 Å². The minimum atomic E-state index is -0.158. The molecular formula is C9H19NO2. The van der Waals surface area contributed by atoms with Crippen molar-refractivity contribution in [1.82, 2.24) is 0 Å². The van der Waals surface area contributed by atoms with E-state index in [1.54, 1.807) is 0 Å². The van der Waals surface area contributed by atoms with Crippen LogP contribution in [0.25, 0.3) is 0 Å². The molecule has 3 nitrogen and oxygen atoms in total. The summed E-state index contributed by atoms with van der Waals surface area (Å²) in [6.45, 7) is 6.70. The molecule has 3 heteroatoms. The van der Waals surface area contributed by atoms with Gasteiger partial charge in [0.2, 0.25) is 0 Å². The molecule has 0 saturated heterocycles. The first-order valence-corrected chi connectivity index (χ1v) is 4.54. The average molecular weight is 173 g/mol. The Kier molecular flexibility index (Phi) is 5.72. The van der Waals surface area contributed by atoms with Gasteiger partial charge < -0.3 is 10.5 Å². The van der Waals surface area contributed by atoms with Crippen molar-refractivity contribution < 1.29 is 9.53 Å². The SMILES string of the molecule is CCOC(=O)C(CN)[C@@H](C)CC. The first kappa shape index (κ1) is 11.4. The first-order chi connectivity index (χ1) is 5.67. The highest BCUT2D eigenvalue weighted by Gasteiger charge is 2.23. The Labute approximate surface area is 74.3 Å². The molecule has 0 radical (unpaired) electrons. The second kappa shape index (κ2) is 6.00. The molecule has 12 heavy (non-hydrogen) atoms. The number of carbonyl (C=O) groups excluding carboxylic acids is 1. The van der Waals surface area contributed by atoms with Crippen LogP contribution in [0.4, 0.5) is 0 Å². The Hall–Kier alpha value is -0.570. The highest BCUT2D eigenvalue weighted by Crippen LogP contribution is 2.15. The minimum absolute atomic E-state index is 0.130. The van der Waals surface area contributed by atoms with Crippen molar-refractivity contribution in [3.63, 3.8) is 0 Å². The summed E-state index contributed by atoms with van der Waals surface area (Å²) >= 11 is 0. The molecule has 0 aliphatic carbocycles. The third-order valence-electron chi connectivity index (χ3n) is 2.17. The van der Waals surface area contributed by atoms with Crippen molar-refractivity contribution in [2.75, 3.05) is 13.2 Å². The van der Waals surface area contributed by atoms with Crippen LogP contribution in [-0.4, -0.2) is 19.1 Å². The van der Waals surface area contributed by atoms with Gasteiger partial charge in [-0.15, -0.1) is 0 Å². The molecule has 0 rings (SSSR count). The van der Waals surface area contributed by atoms with Crippen molar-refractivity contribution in [3.8, 4) is 0 Å². The largest absolute Gasteiger partial charge is 0.466 e. The molecule has 0 heterocycles. The van der Waals surface area contributed by atoms with Gasteiger partial charge in [-0.2, -0.15) is 0 Å². The number of rotatable bonds is 5. The van der Waals surface area contributed by atoms with E-state index in [0.717, 1.165) is 6.42 Å². The summed E-state index contributed by atoms with van der Waals surface area (Å²) < 4.78 is 4.90. The van der Waals surface area contributed by atoms with Gasteiger partial charge >= 0.3 is 5.97 Å². The van der Waals surface area contributed by atoms with E-state index < -0.39 is 0 Å². The van der Waals surface area contributed by atoms with Crippen LogP contribution in [0.1, 0.15) is 27.2 Å². The lowest BCUT2D eigenvalue weighted by atomic mass is 9.92. The number of hydrogen-bond donors (Lipinski definition) is 1. The van der Waals surface area contributed by atoms with Crippen molar-refractivity contribution >= 4 is 5.97 Å². The Morgan fingerprint density at radius 3 is 2.42 bits per heavy atom. The van der Waals surface area contributed by atoms with E-state index in [9.17, 15) is 4.79 Å². The fourth-order valence-electron chi connectivity index (χ4n) is 1.09. The monoisotopic (exact) mass is 173 g/mol. The Morgan fingerprint density at radius 1 is 1.50 bits per heavy atom. The molecule has 0 amide bonds. The summed E-state index contributed by atoms with van der Waals surface area (Å²) in [6.07, 6.45) is 0.959. The number of hydrogen-bond acceptors (Lipinski definition) is 3. The van der Waals surface area contributed by atoms with E-state index in [1.165, 1.54) is 0 Å². The lowest BCUT2D eigenvalue weighted by Crippen LogP contribution is -2.30. The Bertz CT molecular complexity index is 136. The molecule has 0 fully saturated rings. The maximum absolute atomic E-state index is 11.3. The number of nitrogens with two attached hydrogens (primary N) is 1. The first-order valence-electron chi connectivity index (χ1n) is 4.54. The number of carbonyl (C=O) groups is 1. The molecule has 72 valence electrons. The second-order valence-corrected chi connectivity index (χ2v) is 2.98. The summed E-state index contributed by atoms with van der Waals surface area (Å²) in [5.41, 5.74) is 5.48. The average Bonchev–Trinajstić information content (AvgIpc) is 2.06. The van der Waals surface area contributed by atoms with Crippen LogP contribution in [0.15, 0.2) is 0 Å². The highest BCUT2D eigenvalue weighted by atomic mass is 16.5. The maximum atomic E-state index is 11.3. The number of ether oxygens (including phenoxy) is 1. The molecule has 0 aromatic carbocycles. The topological polar surface area (TPSA) is 52.3 Å². The lowest BCUT2D eigenvalue weighted by Gasteiger charge is -2.18. The zero-order valence-corrected chi connectivity index (χ0v) is 8.17. The Balaban J connectivity index is 4.04.